The Bertz CT molecular complexity index is 181. The normalized spacial score (nSPS) is 13.1. The van der Waals surface area contributed by atoms with Crippen LogP contribution in [0.2, 0.25) is 0 Å². The highest BCUT2D eigenvalue weighted by atomic mass is 16.7. The van der Waals surface area contributed by atoms with E-state index in [1.54, 1.807) is 21.1 Å². The smallest absolute Gasteiger partial charge is 0.165 e. The molecule has 0 aliphatic rings. The standard InChI is InChI=1S/C10H18O3/c1-9(8-11)6-5-7-10(2,12-3)13-4/h6,8H,5,7H2,1-4H3. The lowest BCUT2D eigenvalue weighted by Gasteiger charge is -2.25. The van der Waals surface area contributed by atoms with Gasteiger partial charge < -0.3 is 9.47 Å². The molecule has 3 heteroatoms. The van der Waals surface area contributed by atoms with Gasteiger partial charge in [-0.3, -0.25) is 4.79 Å². The first kappa shape index (κ1) is 12.3. The maximum absolute atomic E-state index is 10.3. The molecule has 0 bridgehead atoms. The van der Waals surface area contributed by atoms with Crippen LogP contribution in [-0.4, -0.2) is 26.3 Å². The second-order valence-electron chi connectivity index (χ2n) is 3.15. The summed E-state index contributed by atoms with van der Waals surface area (Å²) in [4.78, 5) is 10.3. The molecule has 3 nitrogen and oxygen atoms in total. The van der Waals surface area contributed by atoms with Crippen LogP contribution in [0.25, 0.3) is 0 Å². The summed E-state index contributed by atoms with van der Waals surface area (Å²) in [6.45, 7) is 3.65. The van der Waals surface area contributed by atoms with Crippen molar-refractivity contribution in [1.82, 2.24) is 0 Å². The van der Waals surface area contributed by atoms with Crippen LogP contribution in [0.1, 0.15) is 26.7 Å². The molecule has 0 saturated carbocycles. The Morgan fingerprint density at radius 2 is 1.92 bits per heavy atom. The van der Waals surface area contributed by atoms with Gasteiger partial charge >= 0.3 is 0 Å². The van der Waals surface area contributed by atoms with Gasteiger partial charge in [0.1, 0.15) is 6.29 Å². The van der Waals surface area contributed by atoms with Gasteiger partial charge in [0.15, 0.2) is 5.79 Å². The first-order valence-corrected chi connectivity index (χ1v) is 4.30. The van der Waals surface area contributed by atoms with Crippen LogP contribution in [0.4, 0.5) is 0 Å². The Hall–Kier alpha value is -0.670. The third kappa shape index (κ3) is 4.80. The molecule has 0 aliphatic carbocycles. The van der Waals surface area contributed by atoms with E-state index in [9.17, 15) is 4.79 Å². The number of ether oxygens (including phenoxy) is 2. The predicted molar refractivity (Wildman–Crippen MR) is 51.5 cm³/mol. The number of rotatable bonds is 6. The van der Waals surface area contributed by atoms with Crippen LogP contribution < -0.4 is 0 Å². The van der Waals surface area contributed by atoms with Crippen LogP contribution in [-0.2, 0) is 14.3 Å². The number of hydrogen-bond acceptors (Lipinski definition) is 3. The molecule has 0 heterocycles. The molecule has 76 valence electrons. The van der Waals surface area contributed by atoms with Crippen LogP contribution in [0.3, 0.4) is 0 Å². The molecular formula is C10H18O3. The molecule has 0 fully saturated rings. The molecule has 0 aromatic carbocycles. The average molecular weight is 186 g/mol. The summed E-state index contributed by atoms with van der Waals surface area (Å²) < 4.78 is 10.3. The van der Waals surface area contributed by atoms with E-state index in [2.05, 4.69) is 0 Å². The first-order chi connectivity index (χ1) is 6.08. The summed E-state index contributed by atoms with van der Waals surface area (Å²) in [5.41, 5.74) is 0.745. The number of carbonyl (C=O) groups is 1. The van der Waals surface area contributed by atoms with Crippen LogP contribution in [0.15, 0.2) is 11.6 Å². The second-order valence-corrected chi connectivity index (χ2v) is 3.15. The fourth-order valence-electron chi connectivity index (χ4n) is 0.898. The van der Waals surface area contributed by atoms with E-state index in [4.69, 9.17) is 9.47 Å². The van der Waals surface area contributed by atoms with Crippen molar-refractivity contribution in [2.45, 2.75) is 32.5 Å². The number of hydrogen-bond donors (Lipinski definition) is 0. The quantitative estimate of drug-likeness (QED) is 0.361. The van der Waals surface area contributed by atoms with Crippen molar-refractivity contribution in [1.29, 1.82) is 0 Å². The van der Waals surface area contributed by atoms with Gasteiger partial charge in [-0.25, -0.2) is 0 Å². The molecular weight excluding hydrogens is 168 g/mol. The first-order valence-electron chi connectivity index (χ1n) is 4.30. The summed E-state index contributed by atoms with van der Waals surface area (Å²) in [6, 6.07) is 0. The minimum absolute atomic E-state index is 0.542. The fraction of sp³-hybridized carbons (Fsp3) is 0.700. The zero-order chi connectivity index (χ0) is 10.3. The summed E-state index contributed by atoms with van der Waals surface area (Å²) >= 11 is 0. The molecule has 0 aromatic rings. The van der Waals surface area contributed by atoms with Crippen LogP contribution >= 0.6 is 0 Å². The molecule has 13 heavy (non-hydrogen) atoms. The minimum Gasteiger partial charge on any atom is -0.353 e. The zero-order valence-corrected chi connectivity index (χ0v) is 8.79. The fourth-order valence-corrected chi connectivity index (χ4v) is 0.898. The van der Waals surface area contributed by atoms with Crippen molar-refractivity contribution in [3.8, 4) is 0 Å². The molecule has 0 amide bonds. The largest absolute Gasteiger partial charge is 0.353 e. The van der Waals surface area contributed by atoms with Gasteiger partial charge in [-0.2, -0.15) is 0 Å². The molecule has 0 aliphatic heterocycles. The molecule has 0 rings (SSSR count). The zero-order valence-electron chi connectivity index (χ0n) is 8.79. The van der Waals surface area contributed by atoms with Crippen LogP contribution in [0, 0.1) is 0 Å². The van der Waals surface area contributed by atoms with Crippen molar-refractivity contribution in [2.24, 2.45) is 0 Å². The lowest BCUT2D eigenvalue weighted by Crippen LogP contribution is -2.29. The lowest BCUT2D eigenvalue weighted by molar-refractivity contribution is -0.196. The highest BCUT2D eigenvalue weighted by molar-refractivity contribution is 5.71. The minimum atomic E-state index is -0.542. The summed E-state index contributed by atoms with van der Waals surface area (Å²) in [5, 5.41) is 0. The Balaban J connectivity index is 3.93. The van der Waals surface area contributed by atoms with E-state index < -0.39 is 5.79 Å². The third-order valence-corrected chi connectivity index (χ3v) is 2.11. The third-order valence-electron chi connectivity index (χ3n) is 2.11. The number of methoxy groups -OCH3 is 2. The van der Waals surface area contributed by atoms with Gasteiger partial charge in [-0.1, -0.05) is 6.08 Å². The number of allylic oxidation sites excluding steroid dienone is 2. The van der Waals surface area contributed by atoms with Crippen molar-refractivity contribution in [3.05, 3.63) is 11.6 Å². The molecule has 0 aromatic heterocycles. The van der Waals surface area contributed by atoms with Gasteiger partial charge in [0, 0.05) is 20.6 Å². The topological polar surface area (TPSA) is 35.5 Å². The van der Waals surface area contributed by atoms with E-state index in [1.165, 1.54) is 0 Å². The Morgan fingerprint density at radius 3 is 2.31 bits per heavy atom. The molecule has 0 radical (unpaired) electrons. The Morgan fingerprint density at radius 1 is 1.38 bits per heavy atom. The van der Waals surface area contributed by atoms with Crippen molar-refractivity contribution < 1.29 is 14.3 Å². The maximum Gasteiger partial charge on any atom is 0.165 e. The summed E-state index contributed by atoms with van der Waals surface area (Å²) in [6.07, 6.45) is 4.24. The maximum atomic E-state index is 10.3. The van der Waals surface area contributed by atoms with E-state index in [0.29, 0.717) is 0 Å². The van der Waals surface area contributed by atoms with E-state index >= 15 is 0 Å². The van der Waals surface area contributed by atoms with E-state index in [0.717, 1.165) is 24.7 Å². The van der Waals surface area contributed by atoms with Gasteiger partial charge in [0.2, 0.25) is 0 Å². The van der Waals surface area contributed by atoms with Gasteiger partial charge in [0.25, 0.3) is 0 Å². The molecule has 0 spiro atoms. The predicted octanol–water partition coefficient (Wildman–Crippen LogP) is 1.92. The highest BCUT2D eigenvalue weighted by Gasteiger charge is 2.20. The van der Waals surface area contributed by atoms with E-state index in [1.807, 2.05) is 13.0 Å². The second kappa shape index (κ2) is 5.89. The number of carbonyl (C=O) groups excluding carboxylic acids is 1. The van der Waals surface area contributed by atoms with E-state index in [-0.39, 0.29) is 0 Å². The summed E-state index contributed by atoms with van der Waals surface area (Å²) in [7, 11) is 3.22. The van der Waals surface area contributed by atoms with Gasteiger partial charge in [-0.15, -0.1) is 0 Å². The van der Waals surface area contributed by atoms with Crippen molar-refractivity contribution in [2.75, 3.05) is 14.2 Å². The Labute approximate surface area is 79.7 Å². The summed E-state index contributed by atoms with van der Waals surface area (Å²) in [5.74, 6) is -0.542. The number of aldehydes is 1. The average Bonchev–Trinajstić information content (AvgIpc) is 2.17. The molecule has 0 unspecified atom stereocenters. The molecule has 0 N–H and O–H groups in total. The highest BCUT2D eigenvalue weighted by Crippen LogP contribution is 2.17. The SMILES string of the molecule is COC(C)(CCC=C(C)C=O)OC. The molecule has 0 atom stereocenters. The Kier molecular flexibility index (Phi) is 5.58. The van der Waals surface area contributed by atoms with Gasteiger partial charge in [-0.05, 0) is 25.8 Å². The lowest BCUT2D eigenvalue weighted by atomic mass is 10.1. The van der Waals surface area contributed by atoms with Crippen LogP contribution in [0.5, 0.6) is 0 Å². The molecule has 0 saturated heterocycles. The van der Waals surface area contributed by atoms with Crippen molar-refractivity contribution in [3.63, 3.8) is 0 Å². The van der Waals surface area contributed by atoms with Crippen molar-refractivity contribution >= 4 is 6.29 Å². The monoisotopic (exact) mass is 186 g/mol. The van der Waals surface area contributed by atoms with Gasteiger partial charge in [0.05, 0.1) is 0 Å².